The fourth-order valence-electron chi connectivity index (χ4n) is 2.86. The van der Waals surface area contributed by atoms with Gasteiger partial charge >= 0.3 is 6.18 Å². The number of carbonyl (C=O) groups excluding carboxylic acids is 1. The summed E-state index contributed by atoms with van der Waals surface area (Å²) in [6, 6.07) is 4.80. The molecule has 2 rings (SSSR count). The molecular formula is C16H22ClF3N2O. The minimum Gasteiger partial charge on any atom is -0.342 e. The quantitative estimate of drug-likeness (QED) is 0.906. The van der Waals surface area contributed by atoms with Crippen LogP contribution in [0.25, 0.3) is 0 Å². The van der Waals surface area contributed by atoms with E-state index in [1.165, 1.54) is 12.1 Å². The van der Waals surface area contributed by atoms with Crippen molar-refractivity contribution in [3.63, 3.8) is 0 Å². The number of halogens is 4. The Kier molecular flexibility index (Phi) is 7.35. The third kappa shape index (κ3) is 5.70. The van der Waals surface area contributed by atoms with Gasteiger partial charge in [-0.25, -0.2) is 0 Å². The van der Waals surface area contributed by atoms with Crippen LogP contribution in [0.3, 0.4) is 0 Å². The second-order valence-electron chi connectivity index (χ2n) is 5.80. The molecule has 130 valence electrons. The van der Waals surface area contributed by atoms with E-state index in [1.54, 1.807) is 0 Å². The van der Waals surface area contributed by atoms with Crippen LogP contribution in [0.15, 0.2) is 24.3 Å². The second-order valence-corrected chi connectivity index (χ2v) is 5.80. The molecule has 1 amide bonds. The van der Waals surface area contributed by atoms with Crippen molar-refractivity contribution in [2.45, 2.75) is 31.9 Å². The minimum atomic E-state index is -4.34. The Morgan fingerprint density at radius 2 is 1.91 bits per heavy atom. The molecule has 1 fully saturated rings. The number of rotatable bonds is 4. The Balaban J connectivity index is 0.00000264. The molecule has 1 aromatic carbocycles. The highest BCUT2D eigenvalue weighted by Gasteiger charge is 2.30. The number of piperidine rings is 1. The van der Waals surface area contributed by atoms with Gasteiger partial charge < -0.3 is 10.6 Å². The lowest BCUT2D eigenvalue weighted by molar-refractivity contribution is -0.137. The van der Waals surface area contributed by atoms with Crippen LogP contribution in [-0.4, -0.2) is 30.4 Å². The highest BCUT2D eigenvalue weighted by Crippen LogP contribution is 2.29. The topological polar surface area (TPSA) is 46.3 Å². The molecule has 0 radical (unpaired) electrons. The fourth-order valence-corrected chi connectivity index (χ4v) is 2.86. The van der Waals surface area contributed by atoms with E-state index in [0.29, 0.717) is 24.6 Å². The van der Waals surface area contributed by atoms with Crippen molar-refractivity contribution in [1.82, 2.24) is 4.90 Å². The minimum absolute atomic E-state index is 0. The zero-order valence-corrected chi connectivity index (χ0v) is 13.6. The number of likely N-dealkylation sites (tertiary alicyclic amines) is 1. The molecule has 0 saturated carbocycles. The number of alkyl halides is 3. The van der Waals surface area contributed by atoms with Crippen LogP contribution in [0, 0.1) is 5.92 Å². The summed E-state index contributed by atoms with van der Waals surface area (Å²) in [6.45, 7) is 2.04. The van der Waals surface area contributed by atoms with Gasteiger partial charge in [0, 0.05) is 13.1 Å². The molecule has 1 unspecified atom stereocenters. The molecule has 7 heteroatoms. The average molecular weight is 351 g/mol. The molecule has 1 saturated heterocycles. The molecule has 1 atom stereocenters. The van der Waals surface area contributed by atoms with Gasteiger partial charge in [-0.3, -0.25) is 4.79 Å². The summed E-state index contributed by atoms with van der Waals surface area (Å²) in [4.78, 5) is 14.1. The Morgan fingerprint density at radius 3 is 2.48 bits per heavy atom. The van der Waals surface area contributed by atoms with Crippen molar-refractivity contribution in [2.24, 2.45) is 11.7 Å². The second kappa shape index (κ2) is 8.55. The largest absolute Gasteiger partial charge is 0.416 e. The van der Waals surface area contributed by atoms with E-state index in [1.807, 2.05) is 4.90 Å². The summed E-state index contributed by atoms with van der Waals surface area (Å²) in [6.07, 6.45) is -1.24. The first-order valence-electron chi connectivity index (χ1n) is 7.54. The maximum absolute atomic E-state index is 12.5. The SMILES string of the molecule is Cl.NCCC1CCCN(C(=O)Cc2ccc(C(F)(F)F)cc2)C1. The van der Waals surface area contributed by atoms with Crippen LogP contribution in [0.4, 0.5) is 13.2 Å². The molecule has 0 spiro atoms. The van der Waals surface area contributed by atoms with E-state index in [2.05, 4.69) is 0 Å². The van der Waals surface area contributed by atoms with E-state index < -0.39 is 11.7 Å². The van der Waals surface area contributed by atoms with Gasteiger partial charge in [-0.05, 0) is 49.4 Å². The molecular weight excluding hydrogens is 329 g/mol. The van der Waals surface area contributed by atoms with Crippen LogP contribution >= 0.6 is 12.4 Å². The molecule has 23 heavy (non-hydrogen) atoms. The molecule has 1 aliphatic heterocycles. The third-order valence-electron chi connectivity index (χ3n) is 4.08. The van der Waals surface area contributed by atoms with Gasteiger partial charge in [0.1, 0.15) is 0 Å². The van der Waals surface area contributed by atoms with Crippen molar-refractivity contribution in [3.05, 3.63) is 35.4 Å². The molecule has 1 heterocycles. The van der Waals surface area contributed by atoms with Crippen molar-refractivity contribution in [2.75, 3.05) is 19.6 Å². The average Bonchev–Trinajstić information content (AvgIpc) is 2.47. The molecule has 3 nitrogen and oxygen atoms in total. The summed E-state index contributed by atoms with van der Waals surface area (Å²) < 4.78 is 37.5. The monoisotopic (exact) mass is 350 g/mol. The zero-order chi connectivity index (χ0) is 16.2. The van der Waals surface area contributed by atoms with Gasteiger partial charge in [-0.2, -0.15) is 13.2 Å². The predicted octanol–water partition coefficient (Wildman–Crippen LogP) is 3.26. The number of hydrogen-bond acceptors (Lipinski definition) is 2. The van der Waals surface area contributed by atoms with E-state index in [4.69, 9.17) is 5.73 Å². The van der Waals surface area contributed by atoms with Gasteiger partial charge in [-0.15, -0.1) is 12.4 Å². The Labute approximate surface area is 140 Å². The van der Waals surface area contributed by atoms with Crippen LogP contribution < -0.4 is 5.73 Å². The summed E-state index contributed by atoms with van der Waals surface area (Å²) in [7, 11) is 0. The molecule has 2 N–H and O–H groups in total. The van der Waals surface area contributed by atoms with E-state index in [9.17, 15) is 18.0 Å². The maximum atomic E-state index is 12.5. The van der Waals surface area contributed by atoms with Crippen molar-refractivity contribution >= 4 is 18.3 Å². The van der Waals surface area contributed by atoms with Crippen molar-refractivity contribution in [1.29, 1.82) is 0 Å². The van der Waals surface area contributed by atoms with Crippen molar-refractivity contribution in [3.8, 4) is 0 Å². The summed E-state index contributed by atoms with van der Waals surface area (Å²) in [5.41, 5.74) is 5.48. The molecule has 0 aromatic heterocycles. The van der Waals surface area contributed by atoms with Gasteiger partial charge in [0.25, 0.3) is 0 Å². The molecule has 0 bridgehead atoms. The number of carbonyl (C=O) groups is 1. The van der Waals surface area contributed by atoms with Gasteiger partial charge in [0.15, 0.2) is 0 Å². The molecule has 1 aromatic rings. The lowest BCUT2D eigenvalue weighted by atomic mass is 9.94. The highest BCUT2D eigenvalue weighted by molar-refractivity contribution is 5.85. The van der Waals surface area contributed by atoms with E-state index >= 15 is 0 Å². The number of nitrogens with zero attached hydrogens (tertiary/aromatic N) is 1. The standard InChI is InChI=1S/C16H21F3N2O.ClH/c17-16(18,19)14-5-3-12(4-6-14)10-15(22)21-9-1-2-13(11-21)7-8-20;/h3-6,13H,1-2,7-11,20H2;1H. The Bertz CT molecular complexity index is 503. The maximum Gasteiger partial charge on any atom is 0.416 e. The first kappa shape index (κ1) is 19.8. The van der Waals surface area contributed by atoms with Gasteiger partial charge in [0.05, 0.1) is 12.0 Å². The molecule has 1 aliphatic rings. The fraction of sp³-hybridized carbons (Fsp3) is 0.562. The van der Waals surface area contributed by atoms with Crippen LogP contribution in [0.2, 0.25) is 0 Å². The Morgan fingerprint density at radius 1 is 1.26 bits per heavy atom. The zero-order valence-electron chi connectivity index (χ0n) is 12.8. The van der Waals surface area contributed by atoms with Crippen LogP contribution in [0.1, 0.15) is 30.4 Å². The third-order valence-corrected chi connectivity index (χ3v) is 4.08. The molecule has 0 aliphatic carbocycles. The number of benzene rings is 1. The van der Waals surface area contributed by atoms with Gasteiger partial charge in [-0.1, -0.05) is 12.1 Å². The number of amides is 1. The highest BCUT2D eigenvalue weighted by atomic mass is 35.5. The normalized spacial score (nSPS) is 18.4. The number of hydrogen-bond donors (Lipinski definition) is 1. The smallest absolute Gasteiger partial charge is 0.342 e. The lowest BCUT2D eigenvalue weighted by Crippen LogP contribution is -2.41. The Hall–Kier alpha value is -1.27. The van der Waals surface area contributed by atoms with E-state index in [0.717, 1.165) is 37.9 Å². The number of nitrogens with two attached hydrogens (primary N) is 1. The van der Waals surface area contributed by atoms with Gasteiger partial charge in [0.2, 0.25) is 5.91 Å². The lowest BCUT2D eigenvalue weighted by Gasteiger charge is -2.32. The summed E-state index contributed by atoms with van der Waals surface area (Å²) in [5, 5.41) is 0. The first-order chi connectivity index (χ1) is 10.4. The predicted molar refractivity (Wildman–Crippen MR) is 85.4 cm³/mol. The first-order valence-corrected chi connectivity index (χ1v) is 7.54. The van der Waals surface area contributed by atoms with Crippen LogP contribution in [-0.2, 0) is 17.4 Å². The summed E-state index contributed by atoms with van der Waals surface area (Å²) >= 11 is 0. The van der Waals surface area contributed by atoms with E-state index in [-0.39, 0.29) is 24.7 Å². The van der Waals surface area contributed by atoms with Crippen LogP contribution in [0.5, 0.6) is 0 Å². The van der Waals surface area contributed by atoms with Crippen molar-refractivity contribution < 1.29 is 18.0 Å². The summed E-state index contributed by atoms with van der Waals surface area (Å²) in [5.74, 6) is 0.414.